The van der Waals surface area contributed by atoms with Gasteiger partial charge in [0.1, 0.15) is 6.61 Å². The Morgan fingerprint density at radius 1 is 0.569 bits per heavy atom. The lowest BCUT2D eigenvalue weighted by molar-refractivity contribution is -0.161. The first-order valence-corrected chi connectivity index (χ1v) is 22.3. The van der Waals surface area contributed by atoms with E-state index < -0.39 is 32.5 Å². The van der Waals surface area contributed by atoms with Gasteiger partial charge in [0.25, 0.3) is 0 Å². The van der Waals surface area contributed by atoms with Crippen LogP contribution in [0.3, 0.4) is 0 Å². The third-order valence-electron chi connectivity index (χ3n) is 8.81. The SMILES string of the molecule is CCCCCCCC/C=C\CCCCCCCC(=O)OC(COC(=O)CCCCCCC/C=C/CCCCCCCC)COP(=O)(O)OCCN. The van der Waals surface area contributed by atoms with Crippen molar-refractivity contribution in [2.75, 3.05) is 26.4 Å². The number of rotatable bonds is 39. The van der Waals surface area contributed by atoms with Gasteiger partial charge >= 0.3 is 19.8 Å². The molecule has 0 saturated heterocycles. The Morgan fingerprint density at radius 3 is 1.39 bits per heavy atom. The fourth-order valence-electron chi connectivity index (χ4n) is 5.68. The van der Waals surface area contributed by atoms with Crippen LogP contribution in [0.2, 0.25) is 0 Å². The molecule has 0 aromatic heterocycles. The summed E-state index contributed by atoms with van der Waals surface area (Å²) in [5.41, 5.74) is 5.34. The zero-order chi connectivity index (χ0) is 37.5. The van der Waals surface area contributed by atoms with E-state index in [1.54, 1.807) is 0 Å². The predicted molar refractivity (Wildman–Crippen MR) is 211 cm³/mol. The van der Waals surface area contributed by atoms with Crippen molar-refractivity contribution in [1.82, 2.24) is 0 Å². The van der Waals surface area contributed by atoms with Crippen LogP contribution in [0.4, 0.5) is 0 Å². The van der Waals surface area contributed by atoms with Gasteiger partial charge in [-0.25, -0.2) is 4.57 Å². The molecule has 0 aromatic carbocycles. The summed E-state index contributed by atoms with van der Waals surface area (Å²) in [5, 5.41) is 0. The molecule has 0 aliphatic carbocycles. The second-order valence-electron chi connectivity index (χ2n) is 13.8. The van der Waals surface area contributed by atoms with Gasteiger partial charge in [-0.2, -0.15) is 0 Å². The lowest BCUT2D eigenvalue weighted by atomic mass is 10.1. The Labute approximate surface area is 312 Å². The highest BCUT2D eigenvalue weighted by atomic mass is 31.2. The number of allylic oxidation sites excluding steroid dienone is 4. The van der Waals surface area contributed by atoms with E-state index in [0.717, 1.165) is 70.6 Å². The minimum absolute atomic E-state index is 0.0518. The van der Waals surface area contributed by atoms with Crippen LogP contribution in [0.5, 0.6) is 0 Å². The first-order chi connectivity index (χ1) is 24.8. The maximum atomic E-state index is 12.5. The fraction of sp³-hybridized carbons (Fsp3) is 0.854. The summed E-state index contributed by atoms with van der Waals surface area (Å²) in [6, 6.07) is 0. The fourth-order valence-corrected chi connectivity index (χ4v) is 6.45. The quantitative estimate of drug-likeness (QED) is 0.0273. The second kappa shape index (κ2) is 38.2. The van der Waals surface area contributed by atoms with Crippen molar-refractivity contribution in [3.63, 3.8) is 0 Å². The number of ether oxygens (including phenoxy) is 2. The number of phosphoric ester groups is 1. The Morgan fingerprint density at radius 2 is 0.961 bits per heavy atom. The zero-order valence-corrected chi connectivity index (χ0v) is 33.7. The number of phosphoric acid groups is 1. The number of nitrogens with two attached hydrogens (primary N) is 1. The number of hydrogen-bond donors (Lipinski definition) is 2. The van der Waals surface area contributed by atoms with E-state index in [-0.39, 0.29) is 32.6 Å². The van der Waals surface area contributed by atoms with Gasteiger partial charge in [-0.05, 0) is 64.2 Å². The van der Waals surface area contributed by atoms with Gasteiger partial charge in [0.05, 0.1) is 13.2 Å². The molecule has 51 heavy (non-hydrogen) atoms. The highest BCUT2D eigenvalue weighted by molar-refractivity contribution is 7.47. The molecule has 0 fully saturated rings. The molecule has 0 aliphatic heterocycles. The Hall–Kier alpha value is -1.51. The van der Waals surface area contributed by atoms with Crippen LogP contribution in [-0.2, 0) is 32.7 Å². The normalized spacial score (nSPS) is 13.6. The first kappa shape index (κ1) is 49.5. The van der Waals surface area contributed by atoms with Crippen molar-refractivity contribution in [2.45, 2.75) is 200 Å². The molecule has 3 N–H and O–H groups in total. The molecule has 0 radical (unpaired) electrons. The molecule has 2 atom stereocenters. The first-order valence-electron chi connectivity index (χ1n) is 20.8. The Balaban J connectivity index is 4.20. The number of unbranched alkanes of at least 4 members (excludes halogenated alkanes) is 22. The molecule has 300 valence electrons. The van der Waals surface area contributed by atoms with Crippen molar-refractivity contribution in [2.24, 2.45) is 5.73 Å². The average molecular weight is 744 g/mol. The summed E-state index contributed by atoms with van der Waals surface area (Å²) in [6.07, 6.45) is 39.2. The highest BCUT2D eigenvalue weighted by Crippen LogP contribution is 2.43. The van der Waals surface area contributed by atoms with Crippen LogP contribution < -0.4 is 5.73 Å². The van der Waals surface area contributed by atoms with Gasteiger partial charge in [0.2, 0.25) is 0 Å². The lowest BCUT2D eigenvalue weighted by Gasteiger charge is -2.19. The summed E-state index contributed by atoms with van der Waals surface area (Å²) < 4.78 is 32.7. The number of esters is 2. The van der Waals surface area contributed by atoms with E-state index in [1.807, 2.05) is 0 Å². The van der Waals surface area contributed by atoms with E-state index in [0.29, 0.717) is 6.42 Å². The van der Waals surface area contributed by atoms with Crippen molar-refractivity contribution in [3.8, 4) is 0 Å². The monoisotopic (exact) mass is 744 g/mol. The standard InChI is InChI=1S/C41H78NO8P/c1-3-5-7-9-11-13-15-17-19-21-23-25-27-29-31-33-40(43)47-37-39(38-49-51(45,46)48-36-35-42)50-41(44)34-32-30-28-26-24-22-20-18-16-14-12-10-8-6-4-2/h17-20,39H,3-16,21-38,42H2,1-2H3,(H,45,46)/b19-17+,20-18-. The van der Waals surface area contributed by atoms with E-state index in [1.165, 1.54) is 89.9 Å². The molecule has 10 heteroatoms. The van der Waals surface area contributed by atoms with Crippen molar-refractivity contribution >= 4 is 19.8 Å². The minimum Gasteiger partial charge on any atom is -0.462 e. The van der Waals surface area contributed by atoms with E-state index >= 15 is 0 Å². The molecule has 0 bridgehead atoms. The van der Waals surface area contributed by atoms with Crippen LogP contribution in [0.1, 0.15) is 194 Å². The van der Waals surface area contributed by atoms with Crippen molar-refractivity contribution in [1.29, 1.82) is 0 Å². The number of carbonyl (C=O) groups is 2. The summed E-state index contributed by atoms with van der Waals surface area (Å²) in [6.45, 7) is 3.71. The molecule has 0 rings (SSSR count). The van der Waals surface area contributed by atoms with Crippen molar-refractivity contribution < 1.29 is 37.6 Å². The molecule has 0 saturated carbocycles. The predicted octanol–water partition coefficient (Wildman–Crippen LogP) is 11.6. The van der Waals surface area contributed by atoms with Crippen LogP contribution >= 0.6 is 7.82 Å². The van der Waals surface area contributed by atoms with Crippen LogP contribution in [0.25, 0.3) is 0 Å². The van der Waals surface area contributed by atoms with E-state index in [9.17, 15) is 19.0 Å². The third-order valence-corrected chi connectivity index (χ3v) is 9.79. The molecular formula is C41H78NO8P. The summed E-state index contributed by atoms with van der Waals surface area (Å²) in [4.78, 5) is 34.8. The number of hydrogen-bond acceptors (Lipinski definition) is 8. The molecule has 0 spiro atoms. The largest absolute Gasteiger partial charge is 0.472 e. The lowest BCUT2D eigenvalue weighted by Crippen LogP contribution is -2.29. The molecule has 0 heterocycles. The van der Waals surface area contributed by atoms with Crippen LogP contribution in [0, 0.1) is 0 Å². The van der Waals surface area contributed by atoms with Gasteiger partial charge in [-0.15, -0.1) is 0 Å². The van der Waals surface area contributed by atoms with Gasteiger partial charge in [-0.3, -0.25) is 18.6 Å². The molecule has 9 nitrogen and oxygen atoms in total. The summed E-state index contributed by atoms with van der Waals surface area (Å²) in [7, 11) is -4.37. The van der Waals surface area contributed by atoms with E-state index in [4.69, 9.17) is 24.3 Å². The molecular weight excluding hydrogens is 665 g/mol. The average Bonchev–Trinajstić information content (AvgIpc) is 3.11. The molecule has 2 unspecified atom stereocenters. The van der Waals surface area contributed by atoms with E-state index in [2.05, 4.69) is 38.2 Å². The Kier molecular flexibility index (Phi) is 37.1. The summed E-state index contributed by atoms with van der Waals surface area (Å²) >= 11 is 0. The second-order valence-corrected chi connectivity index (χ2v) is 15.3. The van der Waals surface area contributed by atoms with Crippen LogP contribution in [-0.4, -0.2) is 49.3 Å². The third kappa shape index (κ3) is 38.0. The van der Waals surface area contributed by atoms with Gasteiger partial charge in [0.15, 0.2) is 6.10 Å². The van der Waals surface area contributed by atoms with Crippen molar-refractivity contribution in [3.05, 3.63) is 24.3 Å². The number of carbonyl (C=O) groups excluding carboxylic acids is 2. The van der Waals surface area contributed by atoms with Gasteiger partial charge in [0, 0.05) is 19.4 Å². The zero-order valence-electron chi connectivity index (χ0n) is 32.8. The maximum Gasteiger partial charge on any atom is 0.472 e. The smallest absolute Gasteiger partial charge is 0.462 e. The topological polar surface area (TPSA) is 134 Å². The highest BCUT2D eigenvalue weighted by Gasteiger charge is 2.26. The molecule has 0 aromatic rings. The summed E-state index contributed by atoms with van der Waals surface area (Å²) in [5.74, 6) is -0.845. The Bertz CT molecular complexity index is 897. The molecule has 0 amide bonds. The minimum atomic E-state index is -4.37. The maximum absolute atomic E-state index is 12.5. The molecule has 0 aliphatic rings. The van der Waals surface area contributed by atoms with Crippen LogP contribution in [0.15, 0.2) is 24.3 Å². The van der Waals surface area contributed by atoms with Gasteiger partial charge < -0.3 is 20.1 Å². The van der Waals surface area contributed by atoms with Gasteiger partial charge in [-0.1, -0.05) is 141 Å².